The normalized spacial score (nSPS) is 14.7. The lowest BCUT2D eigenvalue weighted by Gasteiger charge is -2.16. The van der Waals surface area contributed by atoms with E-state index in [4.69, 9.17) is 14.2 Å². The van der Waals surface area contributed by atoms with Gasteiger partial charge in [-0.3, -0.25) is 14.5 Å². The number of benzene rings is 2. The SMILES string of the molecule is COc1cccc(C(=O)N/N=C2\SCC(=O)N2CCc2ccc(OC)c(OC)c2)c1. The molecule has 0 aliphatic carbocycles. The number of amidine groups is 1. The van der Waals surface area contributed by atoms with Gasteiger partial charge in [-0.2, -0.15) is 0 Å². The first-order valence-electron chi connectivity index (χ1n) is 9.22. The summed E-state index contributed by atoms with van der Waals surface area (Å²) >= 11 is 1.29. The number of carbonyl (C=O) groups excluding carboxylic acids is 2. The van der Waals surface area contributed by atoms with Gasteiger partial charge in [0, 0.05) is 12.1 Å². The van der Waals surface area contributed by atoms with Gasteiger partial charge in [0.25, 0.3) is 5.91 Å². The zero-order chi connectivity index (χ0) is 21.5. The number of hydrogen-bond donors (Lipinski definition) is 1. The topological polar surface area (TPSA) is 89.5 Å². The molecule has 158 valence electrons. The van der Waals surface area contributed by atoms with Gasteiger partial charge in [0.05, 0.1) is 27.1 Å². The summed E-state index contributed by atoms with van der Waals surface area (Å²) in [7, 11) is 4.70. The third-order valence-electron chi connectivity index (χ3n) is 4.51. The zero-order valence-corrected chi connectivity index (χ0v) is 17.8. The maximum absolute atomic E-state index is 12.4. The summed E-state index contributed by atoms with van der Waals surface area (Å²) in [5.74, 6) is 1.74. The smallest absolute Gasteiger partial charge is 0.271 e. The van der Waals surface area contributed by atoms with Crippen molar-refractivity contribution in [2.75, 3.05) is 33.6 Å². The van der Waals surface area contributed by atoms with Crippen LogP contribution >= 0.6 is 11.8 Å². The van der Waals surface area contributed by atoms with Crippen LogP contribution in [0.15, 0.2) is 47.6 Å². The van der Waals surface area contributed by atoms with Gasteiger partial charge in [-0.1, -0.05) is 23.9 Å². The number of nitrogens with zero attached hydrogens (tertiary/aromatic N) is 2. The predicted octanol–water partition coefficient (Wildman–Crippen LogP) is 2.53. The molecular weight excluding hydrogens is 406 g/mol. The van der Waals surface area contributed by atoms with Gasteiger partial charge < -0.3 is 14.2 Å². The molecule has 1 aliphatic heterocycles. The maximum atomic E-state index is 12.4. The van der Waals surface area contributed by atoms with E-state index >= 15 is 0 Å². The van der Waals surface area contributed by atoms with Crippen LogP contribution in [0.5, 0.6) is 17.2 Å². The third kappa shape index (κ3) is 5.04. The average Bonchev–Trinajstić information content (AvgIpc) is 3.14. The van der Waals surface area contributed by atoms with Gasteiger partial charge in [-0.25, -0.2) is 5.43 Å². The number of thioether (sulfide) groups is 1. The predicted molar refractivity (Wildman–Crippen MR) is 115 cm³/mol. The molecule has 0 saturated carbocycles. The van der Waals surface area contributed by atoms with Crippen LogP contribution in [0.3, 0.4) is 0 Å². The zero-order valence-electron chi connectivity index (χ0n) is 17.0. The van der Waals surface area contributed by atoms with Crippen LogP contribution in [0, 0.1) is 0 Å². The van der Waals surface area contributed by atoms with Crippen molar-refractivity contribution in [2.24, 2.45) is 5.10 Å². The van der Waals surface area contributed by atoms with E-state index in [-0.39, 0.29) is 11.8 Å². The molecule has 8 nitrogen and oxygen atoms in total. The summed E-state index contributed by atoms with van der Waals surface area (Å²) in [5, 5.41) is 4.63. The molecule has 0 spiro atoms. The largest absolute Gasteiger partial charge is 0.497 e. The molecular formula is C21H23N3O5S. The fourth-order valence-corrected chi connectivity index (χ4v) is 3.77. The Morgan fingerprint density at radius 2 is 1.90 bits per heavy atom. The van der Waals surface area contributed by atoms with Crippen molar-refractivity contribution in [1.29, 1.82) is 0 Å². The fourth-order valence-electron chi connectivity index (χ4n) is 2.91. The molecule has 30 heavy (non-hydrogen) atoms. The van der Waals surface area contributed by atoms with Crippen molar-refractivity contribution in [1.82, 2.24) is 10.3 Å². The van der Waals surface area contributed by atoms with Crippen LogP contribution in [-0.4, -0.2) is 55.5 Å². The number of rotatable bonds is 8. The van der Waals surface area contributed by atoms with E-state index in [1.807, 2.05) is 18.2 Å². The molecule has 1 aliphatic rings. The first kappa shape index (κ1) is 21.5. The Morgan fingerprint density at radius 1 is 1.10 bits per heavy atom. The molecule has 1 heterocycles. The van der Waals surface area contributed by atoms with Gasteiger partial charge in [-0.05, 0) is 42.3 Å². The second-order valence-corrected chi connectivity index (χ2v) is 7.28. The molecule has 3 rings (SSSR count). The van der Waals surface area contributed by atoms with E-state index in [0.29, 0.717) is 46.7 Å². The third-order valence-corrected chi connectivity index (χ3v) is 5.47. The van der Waals surface area contributed by atoms with E-state index < -0.39 is 0 Å². The molecule has 2 aromatic rings. The van der Waals surface area contributed by atoms with E-state index in [2.05, 4.69) is 10.5 Å². The Kier molecular flexibility index (Phi) is 7.18. The summed E-state index contributed by atoms with van der Waals surface area (Å²) in [6.07, 6.45) is 0.607. The quantitative estimate of drug-likeness (QED) is 0.649. The molecule has 2 amide bonds. The second-order valence-electron chi connectivity index (χ2n) is 6.34. The van der Waals surface area contributed by atoms with Crippen molar-refractivity contribution >= 4 is 28.7 Å². The Morgan fingerprint density at radius 3 is 2.63 bits per heavy atom. The highest BCUT2D eigenvalue weighted by atomic mass is 32.2. The molecule has 0 unspecified atom stereocenters. The number of carbonyl (C=O) groups is 2. The number of hydrazone groups is 1. The van der Waals surface area contributed by atoms with Crippen molar-refractivity contribution in [3.63, 3.8) is 0 Å². The van der Waals surface area contributed by atoms with Crippen LogP contribution in [-0.2, 0) is 11.2 Å². The lowest BCUT2D eigenvalue weighted by atomic mass is 10.1. The maximum Gasteiger partial charge on any atom is 0.271 e. The number of hydrogen-bond acceptors (Lipinski definition) is 7. The van der Waals surface area contributed by atoms with Crippen LogP contribution in [0.4, 0.5) is 0 Å². The highest BCUT2D eigenvalue weighted by molar-refractivity contribution is 8.15. The molecule has 0 radical (unpaired) electrons. The first-order valence-corrected chi connectivity index (χ1v) is 10.2. The molecule has 1 saturated heterocycles. The van der Waals surface area contributed by atoms with Crippen molar-refractivity contribution in [2.45, 2.75) is 6.42 Å². The molecule has 2 aromatic carbocycles. The number of nitrogens with one attached hydrogen (secondary N) is 1. The first-order chi connectivity index (χ1) is 14.5. The molecule has 9 heteroatoms. The number of methoxy groups -OCH3 is 3. The van der Waals surface area contributed by atoms with Crippen LogP contribution in [0.1, 0.15) is 15.9 Å². The minimum Gasteiger partial charge on any atom is -0.497 e. The van der Waals surface area contributed by atoms with E-state index in [1.54, 1.807) is 43.4 Å². The van der Waals surface area contributed by atoms with Crippen LogP contribution < -0.4 is 19.6 Å². The summed E-state index contributed by atoms with van der Waals surface area (Å²) in [6.45, 7) is 0.440. The van der Waals surface area contributed by atoms with Gasteiger partial charge in [0.2, 0.25) is 5.91 Å². The Balaban J connectivity index is 1.65. The molecule has 0 bridgehead atoms. The van der Waals surface area contributed by atoms with Gasteiger partial charge >= 0.3 is 0 Å². The van der Waals surface area contributed by atoms with Crippen molar-refractivity contribution in [3.8, 4) is 17.2 Å². The van der Waals surface area contributed by atoms with Crippen molar-refractivity contribution < 1.29 is 23.8 Å². The highest BCUT2D eigenvalue weighted by Crippen LogP contribution is 2.28. The highest BCUT2D eigenvalue weighted by Gasteiger charge is 2.28. The lowest BCUT2D eigenvalue weighted by molar-refractivity contribution is -0.124. The van der Waals surface area contributed by atoms with Crippen LogP contribution in [0.25, 0.3) is 0 Å². The summed E-state index contributed by atoms with van der Waals surface area (Å²) in [6, 6.07) is 12.4. The summed E-state index contributed by atoms with van der Waals surface area (Å²) < 4.78 is 15.7. The van der Waals surface area contributed by atoms with E-state index in [0.717, 1.165) is 5.56 Å². The number of amides is 2. The second kappa shape index (κ2) is 10.0. The van der Waals surface area contributed by atoms with Gasteiger partial charge in [-0.15, -0.1) is 5.10 Å². The van der Waals surface area contributed by atoms with Gasteiger partial charge in [0.1, 0.15) is 5.75 Å². The minimum absolute atomic E-state index is 0.0464. The minimum atomic E-state index is -0.374. The van der Waals surface area contributed by atoms with Crippen LogP contribution in [0.2, 0.25) is 0 Å². The monoisotopic (exact) mass is 429 g/mol. The molecule has 1 N–H and O–H groups in total. The van der Waals surface area contributed by atoms with Gasteiger partial charge in [0.15, 0.2) is 16.7 Å². The standard InChI is InChI=1S/C21H23N3O5S/c1-27-16-6-4-5-15(12-16)20(26)22-23-21-24(19(25)13-30-21)10-9-14-7-8-17(28-2)18(11-14)29-3/h4-8,11-12H,9-10,13H2,1-3H3,(H,22,26)/b23-21-. The lowest BCUT2D eigenvalue weighted by Crippen LogP contribution is -2.33. The summed E-state index contributed by atoms with van der Waals surface area (Å²) in [4.78, 5) is 26.2. The Bertz CT molecular complexity index is 963. The molecule has 0 atom stereocenters. The van der Waals surface area contributed by atoms with E-state index in [1.165, 1.54) is 18.9 Å². The Hall–Kier alpha value is -3.20. The Labute approximate surface area is 179 Å². The fraction of sp³-hybridized carbons (Fsp3) is 0.286. The number of ether oxygens (including phenoxy) is 3. The van der Waals surface area contributed by atoms with Crippen molar-refractivity contribution in [3.05, 3.63) is 53.6 Å². The van der Waals surface area contributed by atoms with E-state index in [9.17, 15) is 9.59 Å². The summed E-state index contributed by atoms with van der Waals surface area (Å²) in [5.41, 5.74) is 3.93. The molecule has 1 fully saturated rings. The molecule has 0 aromatic heterocycles. The average molecular weight is 429 g/mol.